The predicted octanol–water partition coefficient (Wildman–Crippen LogP) is 2.60. The maximum Gasteiger partial charge on any atom is 0.140 e. The van der Waals surface area contributed by atoms with Crippen LogP contribution >= 0.6 is 0 Å². The molecule has 2 aliphatic heterocycles. The first-order valence-electron chi connectivity index (χ1n) is 6.14. The summed E-state index contributed by atoms with van der Waals surface area (Å²) in [6, 6.07) is 0. The van der Waals surface area contributed by atoms with E-state index in [9.17, 15) is 9.00 Å². The number of hydrogen-bond donors (Lipinski definition) is 0. The Balaban J connectivity index is 2.01. The van der Waals surface area contributed by atoms with E-state index in [4.69, 9.17) is 0 Å². The van der Waals surface area contributed by atoms with Crippen molar-refractivity contribution in [2.45, 2.75) is 55.9 Å². The molecule has 2 saturated heterocycles. The normalized spacial score (nSPS) is 38.1. The van der Waals surface area contributed by atoms with Crippen molar-refractivity contribution in [1.29, 1.82) is 0 Å². The number of hydrogen-bond acceptors (Lipinski definition) is 2. The molecule has 16 heavy (non-hydrogen) atoms. The van der Waals surface area contributed by atoms with E-state index in [2.05, 4.69) is 6.58 Å². The Hall–Kier alpha value is -0.440. The van der Waals surface area contributed by atoms with Gasteiger partial charge in [-0.1, -0.05) is 18.6 Å². The molecule has 2 unspecified atom stereocenters. The standard InChI is InChI=1S/C13H20O2S/c1-9(2)6-13(14)10-7-11-4-3-5-12(8-10)16(11)15/h10-12H,1,3-8H2,2H3. The van der Waals surface area contributed by atoms with Crippen molar-refractivity contribution in [2.75, 3.05) is 0 Å². The molecule has 0 N–H and O–H groups in total. The van der Waals surface area contributed by atoms with Crippen LogP contribution in [-0.2, 0) is 15.6 Å². The van der Waals surface area contributed by atoms with Gasteiger partial charge in [-0.25, -0.2) is 0 Å². The van der Waals surface area contributed by atoms with Gasteiger partial charge in [-0.2, -0.15) is 0 Å². The average molecular weight is 240 g/mol. The van der Waals surface area contributed by atoms with Gasteiger partial charge in [0.25, 0.3) is 0 Å². The second kappa shape index (κ2) is 4.82. The molecular formula is C13H20O2S. The van der Waals surface area contributed by atoms with E-state index in [1.165, 1.54) is 6.42 Å². The zero-order valence-electron chi connectivity index (χ0n) is 9.91. The lowest BCUT2D eigenvalue weighted by Gasteiger charge is -2.37. The van der Waals surface area contributed by atoms with Crippen molar-refractivity contribution in [2.24, 2.45) is 5.92 Å². The minimum atomic E-state index is -0.661. The molecule has 0 saturated carbocycles. The maximum atomic E-state index is 12.0. The lowest BCUT2D eigenvalue weighted by Crippen LogP contribution is -2.41. The number of allylic oxidation sites excluding steroid dienone is 1. The maximum absolute atomic E-state index is 12.0. The molecular weight excluding hydrogens is 220 g/mol. The molecule has 2 aliphatic rings. The molecule has 0 aromatic carbocycles. The highest BCUT2D eigenvalue weighted by Gasteiger charge is 2.39. The quantitative estimate of drug-likeness (QED) is 0.711. The highest BCUT2D eigenvalue weighted by molar-refractivity contribution is 7.86. The van der Waals surface area contributed by atoms with Crippen LogP contribution in [-0.4, -0.2) is 20.5 Å². The molecule has 2 fully saturated rings. The zero-order chi connectivity index (χ0) is 11.7. The summed E-state index contributed by atoms with van der Waals surface area (Å²) in [5.74, 6) is 0.478. The SMILES string of the molecule is C=C(C)CC(=O)C1CC2CCCC(C1)S2=O. The van der Waals surface area contributed by atoms with Crippen LogP contribution in [0.25, 0.3) is 0 Å². The second-order valence-electron chi connectivity index (χ2n) is 5.27. The number of carbonyl (C=O) groups is 1. The van der Waals surface area contributed by atoms with E-state index in [1.54, 1.807) is 0 Å². The molecule has 2 bridgehead atoms. The summed E-state index contributed by atoms with van der Waals surface area (Å²) < 4.78 is 12.0. The summed E-state index contributed by atoms with van der Waals surface area (Å²) >= 11 is 0. The second-order valence-corrected chi connectivity index (χ2v) is 7.26. The summed E-state index contributed by atoms with van der Waals surface area (Å²) in [4.78, 5) is 12.0. The third-order valence-electron chi connectivity index (χ3n) is 3.74. The number of Topliss-reactive ketones (excluding diaryl/α,β-unsaturated/α-hetero) is 1. The molecule has 0 amide bonds. The molecule has 90 valence electrons. The molecule has 3 heteroatoms. The summed E-state index contributed by atoms with van der Waals surface area (Å²) in [5, 5.41) is 0.596. The lowest BCUT2D eigenvalue weighted by molar-refractivity contribution is -0.122. The van der Waals surface area contributed by atoms with Gasteiger partial charge < -0.3 is 0 Å². The topological polar surface area (TPSA) is 34.1 Å². The van der Waals surface area contributed by atoms with E-state index in [1.807, 2.05) is 6.92 Å². The van der Waals surface area contributed by atoms with Gasteiger partial charge in [0.1, 0.15) is 5.78 Å². The van der Waals surface area contributed by atoms with Crippen LogP contribution in [0.4, 0.5) is 0 Å². The van der Waals surface area contributed by atoms with Crippen molar-refractivity contribution in [1.82, 2.24) is 0 Å². The highest BCUT2D eigenvalue weighted by Crippen LogP contribution is 2.37. The summed E-state index contributed by atoms with van der Waals surface area (Å²) in [5.41, 5.74) is 0.946. The Morgan fingerprint density at radius 2 is 1.88 bits per heavy atom. The Labute approximate surface area is 100.0 Å². The fraction of sp³-hybridized carbons (Fsp3) is 0.769. The van der Waals surface area contributed by atoms with Gasteiger partial charge >= 0.3 is 0 Å². The van der Waals surface area contributed by atoms with Crippen LogP contribution in [0.5, 0.6) is 0 Å². The van der Waals surface area contributed by atoms with Crippen LogP contribution in [0.15, 0.2) is 12.2 Å². The van der Waals surface area contributed by atoms with E-state index in [0.29, 0.717) is 22.7 Å². The highest BCUT2D eigenvalue weighted by atomic mass is 32.2. The van der Waals surface area contributed by atoms with E-state index in [-0.39, 0.29) is 5.92 Å². The van der Waals surface area contributed by atoms with Crippen molar-refractivity contribution < 1.29 is 9.00 Å². The largest absolute Gasteiger partial charge is 0.299 e. The van der Waals surface area contributed by atoms with Gasteiger partial charge in [-0.3, -0.25) is 9.00 Å². The minimum absolute atomic E-state index is 0.157. The third kappa shape index (κ3) is 2.45. The molecule has 2 heterocycles. The first-order chi connectivity index (χ1) is 7.58. The van der Waals surface area contributed by atoms with Gasteiger partial charge in [0.2, 0.25) is 0 Å². The van der Waals surface area contributed by atoms with E-state index in [0.717, 1.165) is 31.3 Å². The summed E-state index contributed by atoms with van der Waals surface area (Å²) in [7, 11) is -0.661. The molecule has 0 radical (unpaired) electrons. The summed E-state index contributed by atoms with van der Waals surface area (Å²) in [6.45, 7) is 5.70. The van der Waals surface area contributed by atoms with Gasteiger partial charge in [0.05, 0.1) is 0 Å². The number of ketones is 1. The number of carbonyl (C=O) groups excluding carboxylic acids is 1. The molecule has 2 nitrogen and oxygen atoms in total. The van der Waals surface area contributed by atoms with Crippen LogP contribution < -0.4 is 0 Å². The number of rotatable bonds is 3. The van der Waals surface area contributed by atoms with Gasteiger partial charge in [-0.15, -0.1) is 0 Å². The van der Waals surface area contributed by atoms with Crippen LogP contribution in [0.1, 0.15) is 45.4 Å². The van der Waals surface area contributed by atoms with Crippen molar-refractivity contribution >= 4 is 16.6 Å². The van der Waals surface area contributed by atoms with Gasteiger partial charge in [0.15, 0.2) is 0 Å². The minimum Gasteiger partial charge on any atom is -0.299 e. The Bertz CT molecular complexity index is 319. The molecule has 0 aliphatic carbocycles. The van der Waals surface area contributed by atoms with E-state index >= 15 is 0 Å². The molecule has 2 rings (SSSR count). The van der Waals surface area contributed by atoms with Crippen LogP contribution in [0.2, 0.25) is 0 Å². The van der Waals surface area contributed by atoms with Crippen molar-refractivity contribution in [3.63, 3.8) is 0 Å². The molecule has 0 aromatic heterocycles. The predicted molar refractivity (Wildman–Crippen MR) is 66.7 cm³/mol. The first-order valence-corrected chi connectivity index (χ1v) is 7.42. The van der Waals surface area contributed by atoms with Crippen LogP contribution in [0, 0.1) is 5.92 Å². The molecule has 0 aromatic rings. The van der Waals surface area contributed by atoms with Gasteiger partial charge in [-0.05, 0) is 32.6 Å². The zero-order valence-corrected chi connectivity index (χ0v) is 10.7. The first kappa shape index (κ1) is 12.0. The average Bonchev–Trinajstić information content (AvgIpc) is 2.15. The Kier molecular flexibility index (Phi) is 3.63. The monoisotopic (exact) mass is 240 g/mol. The molecule has 0 spiro atoms. The van der Waals surface area contributed by atoms with Crippen molar-refractivity contribution in [3.05, 3.63) is 12.2 Å². The number of fused-ring (bicyclic) bond motifs is 2. The molecule has 2 atom stereocenters. The van der Waals surface area contributed by atoms with E-state index < -0.39 is 10.8 Å². The smallest absolute Gasteiger partial charge is 0.140 e. The summed E-state index contributed by atoms with van der Waals surface area (Å²) in [6.07, 6.45) is 5.53. The Morgan fingerprint density at radius 1 is 1.31 bits per heavy atom. The Morgan fingerprint density at radius 3 is 2.38 bits per heavy atom. The third-order valence-corrected chi connectivity index (χ3v) is 5.91. The van der Waals surface area contributed by atoms with Gasteiger partial charge in [0, 0.05) is 33.6 Å². The fourth-order valence-electron chi connectivity index (χ4n) is 2.94. The lowest BCUT2D eigenvalue weighted by atomic mass is 9.85. The van der Waals surface area contributed by atoms with Crippen LogP contribution in [0.3, 0.4) is 0 Å². The van der Waals surface area contributed by atoms with Crippen molar-refractivity contribution in [3.8, 4) is 0 Å². The fourth-order valence-corrected chi connectivity index (χ4v) is 5.12.